The first-order chi connectivity index (χ1) is 11.3. The van der Waals surface area contributed by atoms with Gasteiger partial charge >= 0.3 is 0 Å². The monoisotopic (exact) mass is 347 g/mol. The van der Waals surface area contributed by atoms with Gasteiger partial charge in [0.15, 0.2) is 9.84 Å². The topological polar surface area (TPSA) is 81.1 Å². The van der Waals surface area contributed by atoms with Crippen molar-refractivity contribution in [3.63, 3.8) is 0 Å². The average Bonchev–Trinajstić information content (AvgIpc) is 2.85. The number of rotatable bonds is 4. The zero-order chi connectivity index (χ0) is 17.3. The van der Waals surface area contributed by atoms with Crippen molar-refractivity contribution in [2.45, 2.75) is 38.1 Å². The minimum Gasteiger partial charge on any atom is -0.347 e. The van der Waals surface area contributed by atoms with Crippen molar-refractivity contribution in [3.05, 3.63) is 53.1 Å². The van der Waals surface area contributed by atoms with Crippen LogP contribution in [0.2, 0.25) is 0 Å². The van der Waals surface area contributed by atoms with E-state index in [-0.39, 0.29) is 17.7 Å². The lowest BCUT2D eigenvalue weighted by Crippen LogP contribution is -2.40. The summed E-state index contributed by atoms with van der Waals surface area (Å²) < 4.78 is 24.9. The molecule has 1 aliphatic heterocycles. The van der Waals surface area contributed by atoms with Gasteiger partial charge in [-0.05, 0) is 31.0 Å². The van der Waals surface area contributed by atoms with Crippen molar-refractivity contribution in [2.75, 3.05) is 6.26 Å². The molecule has 1 N–H and O–H groups in total. The van der Waals surface area contributed by atoms with Crippen molar-refractivity contribution in [3.8, 4) is 0 Å². The molecule has 0 bridgehead atoms. The number of hydrogen-bond acceptors (Lipinski definition) is 4. The van der Waals surface area contributed by atoms with Gasteiger partial charge in [0.2, 0.25) is 0 Å². The molecule has 24 heavy (non-hydrogen) atoms. The maximum atomic E-state index is 12.5. The first-order valence-electron chi connectivity index (χ1n) is 7.90. The molecule has 0 unspecified atom stereocenters. The number of aromatic nitrogens is 2. The third-order valence-corrected chi connectivity index (χ3v) is 4.92. The summed E-state index contributed by atoms with van der Waals surface area (Å²) in [6.07, 6.45) is 4.88. The van der Waals surface area contributed by atoms with Gasteiger partial charge in [-0.2, -0.15) is 0 Å². The van der Waals surface area contributed by atoms with Gasteiger partial charge in [-0.25, -0.2) is 13.4 Å². The first kappa shape index (κ1) is 16.7. The Morgan fingerprint density at radius 2 is 2.21 bits per heavy atom. The Hall–Kier alpha value is -2.15. The van der Waals surface area contributed by atoms with E-state index < -0.39 is 9.84 Å². The smallest absolute Gasteiger partial charge is 0.251 e. The fourth-order valence-electron chi connectivity index (χ4n) is 3.08. The number of imidazole rings is 1. The van der Waals surface area contributed by atoms with E-state index in [4.69, 9.17) is 0 Å². The zero-order valence-electron chi connectivity index (χ0n) is 13.8. The fraction of sp³-hybridized carbons (Fsp3) is 0.412. The van der Waals surface area contributed by atoms with Gasteiger partial charge < -0.3 is 9.88 Å². The molecular formula is C17H21N3O3S. The van der Waals surface area contributed by atoms with Crippen molar-refractivity contribution >= 4 is 15.7 Å². The highest BCUT2D eigenvalue weighted by atomic mass is 32.2. The van der Waals surface area contributed by atoms with Gasteiger partial charge in [-0.3, -0.25) is 4.79 Å². The third kappa shape index (κ3) is 4.03. The number of aryl methyl sites for hydroxylation is 2. The van der Waals surface area contributed by atoms with Gasteiger partial charge in [0.05, 0.1) is 11.4 Å². The third-order valence-electron chi connectivity index (χ3n) is 4.07. The van der Waals surface area contributed by atoms with Gasteiger partial charge in [0.1, 0.15) is 5.82 Å². The average molecular weight is 347 g/mol. The van der Waals surface area contributed by atoms with Crippen LogP contribution in [0.5, 0.6) is 0 Å². The van der Waals surface area contributed by atoms with Crippen LogP contribution in [0, 0.1) is 6.92 Å². The molecule has 0 spiro atoms. The van der Waals surface area contributed by atoms with Crippen LogP contribution in [0.25, 0.3) is 0 Å². The highest BCUT2D eigenvalue weighted by molar-refractivity contribution is 7.89. The molecule has 0 fully saturated rings. The normalized spacial score (nSPS) is 17.3. The van der Waals surface area contributed by atoms with Gasteiger partial charge in [0, 0.05) is 37.0 Å². The maximum Gasteiger partial charge on any atom is 0.251 e. The molecule has 0 saturated heterocycles. The Bertz CT molecular complexity index is 871. The lowest BCUT2D eigenvalue weighted by molar-refractivity contribution is 0.0927. The van der Waals surface area contributed by atoms with Crippen LogP contribution >= 0.6 is 0 Å². The second-order valence-corrected chi connectivity index (χ2v) is 8.57. The molecule has 2 aromatic rings. The molecule has 128 valence electrons. The zero-order valence-corrected chi connectivity index (χ0v) is 14.6. The van der Waals surface area contributed by atoms with E-state index in [0.29, 0.717) is 17.7 Å². The molecule has 6 nitrogen and oxygen atoms in total. The standard InChI is InChI=1S/C17H21N3O3S/c1-12-9-20-10-15(6-7-16(20)18-12)19-17(21)14-5-3-4-13(8-14)11-24(2,22)23/h3-5,8-9,15H,6-7,10-11H2,1-2H3,(H,19,21)/t15-/m0/s1. The molecule has 3 rings (SSSR count). The summed E-state index contributed by atoms with van der Waals surface area (Å²) in [4.78, 5) is 16.9. The largest absolute Gasteiger partial charge is 0.347 e. The van der Waals surface area contributed by atoms with Crippen LogP contribution < -0.4 is 5.32 Å². The molecule has 0 saturated carbocycles. The minimum atomic E-state index is -3.12. The molecule has 1 aromatic heterocycles. The van der Waals surface area contributed by atoms with E-state index in [0.717, 1.165) is 24.4 Å². The van der Waals surface area contributed by atoms with Gasteiger partial charge in [0.25, 0.3) is 5.91 Å². The molecule has 7 heteroatoms. The number of carbonyl (C=O) groups is 1. The Labute approximate surface area is 141 Å². The van der Waals surface area contributed by atoms with Gasteiger partial charge in [-0.1, -0.05) is 12.1 Å². The number of carbonyl (C=O) groups excluding carboxylic acids is 1. The van der Waals surface area contributed by atoms with Crippen molar-refractivity contribution < 1.29 is 13.2 Å². The molecular weight excluding hydrogens is 326 g/mol. The maximum absolute atomic E-state index is 12.5. The van der Waals surface area contributed by atoms with Crippen LogP contribution in [-0.2, 0) is 28.6 Å². The summed E-state index contributed by atoms with van der Waals surface area (Å²) in [5, 5.41) is 3.04. The molecule has 1 amide bonds. The number of sulfone groups is 1. The van der Waals surface area contributed by atoms with E-state index in [1.54, 1.807) is 24.3 Å². The molecule has 0 aliphatic carbocycles. The van der Waals surface area contributed by atoms with Crippen LogP contribution in [-0.4, -0.2) is 36.2 Å². The predicted molar refractivity (Wildman–Crippen MR) is 91.5 cm³/mol. The Morgan fingerprint density at radius 1 is 1.42 bits per heavy atom. The Kier molecular flexibility index (Phi) is 4.45. The van der Waals surface area contributed by atoms with Crippen LogP contribution in [0.15, 0.2) is 30.5 Å². The Balaban J connectivity index is 1.68. The molecule has 0 radical (unpaired) electrons. The second kappa shape index (κ2) is 6.39. The van der Waals surface area contributed by atoms with E-state index >= 15 is 0 Å². The summed E-state index contributed by atoms with van der Waals surface area (Å²) in [6, 6.07) is 6.84. The van der Waals surface area contributed by atoms with E-state index in [1.807, 2.05) is 13.1 Å². The SMILES string of the molecule is Cc1cn2c(n1)CC[C@H](NC(=O)c1cccc(CS(C)(=O)=O)c1)C2. The summed E-state index contributed by atoms with van der Waals surface area (Å²) in [6.45, 7) is 2.68. The van der Waals surface area contributed by atoms with E-state index in [1.165, 1.54) is 6.26 Å². The number of benzene rings is 1. The molecule has 1 atom stereocenters. The van der Waals surface area contributed by atoms with Gasteiger partial charge in [-0.15, -0.1) is 0 Å². The number of fused-ring (bicyclic) bond motifs is 1. The van der Waals surface area contributed by atoms with Crippen LogP contribution in [0.3, 0.4) is 0 Å². The summed E-state index contributed by atoms with van der Waals surface area (Å²) in [5.74, 6) is 0.832. The molecule has 2 heterocycles. The van der Waals surface area contributed by atoms with Crippen LogP contribution in [0.4, 0.5) is 0 Å². The van der Waals surface area contributed by atoms with Crippen molar-refractivity contribution in [1.29, 1.82) is 0 Å². The second-order valence-electron chi connectivity index (χ2n) is 6.43. The molecule has 1 aromatic carbocycles. The lowest BCUT2D eigenvalue weighted by atomic mass is 10.1. The van der Waals surface area contributed by atoms with E-state index in [9.17, 15) is 13.2 Å². The van der Waals surface area contributed by atoms with Crippen LogP contribution in [0.1, 0.15) is 33.9 Å². The number of hydrogen-bond donors (Lipinski definition) is 1. The fourth-order valence-corrected chi connectivity index (χ4v) is 3.86. The highest BCUT2D eigenvalue weighted by Crippen LogP contribution is 2.16. The number of nitrogens with one attached hydrogen (secondary N) is 1. The summed E-state index contributed by atoms with van der Waals surface area (Å²) in [5.41, 5.74) is 2.11. The van der Waals surface area contributed by atoms with Crippen molar-refractivity contribution in [2.24, 2.45) is 0 Å². The quantitative estimate of drug-likeness (QED) is 0.908. The summed E-state index contributed by atoms with van der Waals surface area (Å²) >= 11 is 0. The van der Waals surface area contributed by atoms with E-state index in [2.05, 4.69) is 14.9 Å². The number of nitrogens with zero attached hydrogens (tertiary/aromatic N) is 2. The Morgan fingerprint density at radius 3 is 2.96 bits per heavy atom. The highest BCUT2D eigenvalue weighted by Gasteiger charge is 2.21. The predicted octanol–water partition coefficient (Wildman–Crippen LogP) is 1.48. The molecule has 1 aliphatic rings. The van der Waals surface area contributed by atoms with Crippen molar-refractivity contribution in [1.82, 2.24) is 14.9 Å². The first-order valence-corrected chi connectivity index (χ1v) is 9.96. The summed E-state index contributed by atoms with van der Waals surface area (Å²) in [7, 11) is -3.12. The number of amides is 1. The lowest BCUT2D eigenvalue weighted by Gasteiger charge is -2.24. The minimum absolute atomic E-state index is 0.0529.